The molecule has 19 heavy (non-hydrogen) atoms. The summed E-state index contributed by atoms with van der Waals surface area (Å²) in [4.78, 5) is 15.8. The Balaban J connectivity index is 2.74. The van der Waals surface area contributed by atoms with Crippen LogP contribution in [0.3, 0.4) is 0 Å². The first-order chi connectivity index (χ1) is 9.06. The van der Waals surface area contributed by atoms with E-state index in [1.165, 1.54) is 0 Å². The van der Waals surface area contributed by atoms with Gasteiger partial charge in [-0.15, -0.1) is 0 Å². The minimum atomic E-state index is 0.0593. The van der Waals surface area contributed by atoms with Crippen molar-refractivity contribution in [1.29, 1.82) is 5.26 Å². The smallest absolute Gasteiger partial charge is 0.192 e. The van der Waals surface area contributed by atoms with Crippen LogP contribution in [0, 0.1) is 18.3 Å². The van der Waals surface area contributed by atoms with Crippen LogP contribution in [-0.2, 0) is 6.42 Å². The number of hydrogen-bond donors (Lipinski definition) is 1. The van der Waals surface area contributed by atoms with Gasteiger partial charge < -0.3 is 4.98 Å². The van der Waals surface area contributed by atoms with E-state index < -0.39 is 0 Å². The summed E-state index contributed by atoms with van der Waals surface area (Å²) >= 11 is 0. The van der Waals surface area contributed by atoms with Crippen LogP contribution >= 0.6 is 0 Å². The van der Waals surface area contributed by atoms with E-state index in [0.717, 1.165) is 27.7 Å². The number of hydrogen-bond acceptors (Lipinski definition) is 2. The maximum Gasteiger partial charge on any atom is 0.192 e. The van der Waals surface area contributed by atoms with E-state index in [1.54, 1.807) is 0 Å². The third-order valence-electron chi connectivity index (χ3n) is 3.49. The van der Waals surface area contributed by atoms with Crippen molar-refractivity contribution in [3.8, 4) is 6.07 Å². The number of nitriles is 1. The lowest BCUT2D eigenvalue weighted by Gasteiger charge is -2.12. The summed E-state index contributed by atoms with van der Waals surface area (Å²) < 4.78 is 0. The summed E-state index contributed by atoms with van der Waals surface area (Å²) in [6.07, 6.45) is 0.888. The SMILES string of the molecule is Cc1[nH]c2c(C(C)C)cccc2c(=O)c1CCC#N. The van der Waals surface area contributed by atoms with Crippen LogP contribution < -0.4 is 5.43 Å². The van der Waals surface area contributed by atoms with Crippen molar-refractivity contribution >= 4 is 10.9 Å². The molecule has 1 N–H and O–H groups in total. The second-order valence-electron chi connectivity index (χ2n) is 5.14. The number of H-pyrrole nitrogens is 1. The van der Waals surface area contributed by atoms with E-state index in [9.17, 15) is 4.79 Å². The summed E-state index contributed by atoms with van der Waals surface area (Å²) in [6, 6.07) is 7.93. The minimum absolute atomic E-state index is 0.0593. The van der Waals surface area contributed by atoms with E-state index in [-0.39, 0.29) is 5.43 Å². The fourth-order valence-electron chi connectivity index (χ4n) is 2.46. The number of para-hydroxylation sites is 1. The Morgan fingerprint density at radius 1 is 1.37 bits per heavy atom. The highest BCUT2D eigenvalue weighted by Gasteiger charge is 2.12. The number of aromatic amines is 1. The van der Waals surface area contributed by atoms with Crippen molar-refractivity contribution < 1.29 is 0 Å². The Morgan fingerprint density at radius 2 is 2.11 bits per heavy atom. The van der Waals surface area contributed by atoms with E-state index in [1.807, 2.05) is 19.1 Å². The van der Waals surface area contributed by atoms with Crippen LogP contribution in [0.25, 0.3) is 10.9 Å². The van der Waals surface area contributed by atoms with Crippen molar-refractivity contribution in [2.45, 2.75) is 39.5 Å². The van der Waals surface area contributed by atoms with Gasteiger partial charge in [-0.1, -0.05) is 26.0 Å². The van der Waals surface area contributed by atoms with Gasteiger partial charge in [0.05, 0.1) is 11.6 Å². The lowest BCUT2D eigenvalue weighted by atomic mass is 9.97. The first-order valence-electron chi connectivity index (χ1n) is 6.57. The van der Waals surface area contributed by atoms with Crippen LogP contribution in [0.4, 0.5) is 0 Å². The maximum absolute atomic E-state index is 12.5. The molecule has 0 unspecified atom stereocenters. The zero-order valence-electron chi connectivity index (χ0n) is 11.6. The van der Waals surface area contributed by atoms with Gasteiger partial charge in [0, 0.05) is 23.1 Å². The van der Waals surface area contributed by atoms with Crippen molar-refractivity contribution in [3.63, 3.8) is 0 Å². The predicted octanol–water partition coefficient (Wildman–Crippen LogP) is 3.42. The predicted molar refractivity (Wildman–Crippen MR) is 77.3 cm³/mol. The average molecular weight is 254 g/mol. The highest BCUT2D eigenvalue weighted by Crippen LogP contribution is 2.23. The molecule has 98 valence electrons. The monoisotopic (exact) mass is 254 g/mol. The Kier molecular flexibility index (Phi) is 3.71. The van der Waals surface area contributed by atoms with Crippen LogP contribution in [0.15, 0.2) is 23.0 Å². The molecule has 1 aromatic heterocycles. The second-order valence-corrected chi connectivity index (χ2v) is 5.14. The number of nitrogens with one attached hydrogen (secondary N) is 1. The standard InChI is InChI=1S/C16H18N2O/c1-10(2)12-6-4-7-14-15(12)18-11(3)13(16(14)19)8-5-9-17/h4,6-7,10H,5,8H2,1-3H3,(H,18,19). The Hall–Kier alpha value is -2.08. The molecule has 3 nitrogen and oxygen atoms in total. The van der Waals surface area contributed by atoms with Crippen LogP contribution in [0.1, 0.15) is 43.0 Å². The molecule has 0 radical (unpaired) electrons. The maximum atomic E-state index is 12.5. The fraction of sp³-hybridized carbons (Fsp3) is 0.375. The van der Waals surface area contributed by atoms with Crippen molar-refractivity contribution in [2.75, 3.05) is 0 Å². The molecule has 0 aliphatic heterocycles. The van der Waals surface area contributed by atoms with Crippen LogP contribution in [-0.4, -0.2) is 4.98 Å². The molecular formula is C16H18N2O. The number of rotatable bonds is 3. The van der Waals surface area contributed by atoms with E-state index >= 15 is 0 Å². The van der Waals surface area contributed by atoms with Gasteiger partial charge in [0.15, 0.2) is 5.43 Å². The first kappa shape index (κ1) is 13.4. The molecule has 0 saturated heterocycles. The number of fused-ring (bicyclic) bond motifs is 1. The van der Waals surface area contributed by atoms with E-state index in [2.05, 4.69) is 31.0 Å². The highest BCUT2D eigenvalue weighted by molar-refractivity contribution is 5.83. The van der Waals surface area contributed by atoms with Gasteiger partial charge in [-0.3, -0.25) is 4.79 Å². The van der Waals surface area contributed by atoms with Gasteiger partial charge in [-0.25, -0.2) is 0 Å². The molecule has 1 heterocycles. The molecule has 0 aliphatic carbocycles. The quantitative estimate of drug-likeness (QED) is 0.912. The van der Waals surface area contributed by atoms with Crippen molar-refractivity contribution in [2.24, 2.45) is 0 Å². The molecule has 0 amide bonds. The van der Waals surface area contributed by atoms with E-state index in [4.69, 9.17) is 5.26 Å². The number of pyridine rings is 1. The lowest BCUT2D eigenvalue weighted by molar-refractivity contribution is 0.870. The third kappa shape index (κ3) is 2.39. The molecule has 0 fully saturated rings. The highest BCUT2D eigenvalue weighted by atomic mass is 16.1. The fourth-order valence-corrected chi connectivity index (χ4v) is 2.46. The third-order valence-corrected chi connectivity index (χ3v) is 3.49. The van der Waals surface area contributed by atoms with Gasteiger partial charge in [0.1, 0.15) is 0 Å². The second kappa shape index (κ2) is 5.27. The molecule has 0 atom stereocenters. The number of nitrogens with zero attached hydrogens (tertiary/aromatic N) is 1. The molecule has 2 aromatic rings. The number of aryl methyl sites for hydroxylation is 1. The molecule has 3 heteroatoms. The summed E-state index contributed by atoms with van der Waals surface area (Å²) in [7, 11) is 0. The van der Waals surface area contributed by atoms with Crippen LogP contribution in [0.2, 0.25) is 0 Å². The normalized spacial score (nSPS) is 10.9. The number of aromatic nitrogens is 1. The largest absolute Gasteiger partial charge is 0.358 e. The van der Waals surface area contributed by atoms with Gasteiger partial charge in [0.25, 0.3) is 0 Å². The first-order valence-corrected chi connectivity index (χ1v) is 6.57. The van der Waals surface area contributed by atoms with Gasteiger partial charge in [0.2, 0.25) is 0 Å². The zero-order valence-corrected chi connectivity index (χ0v) is 11.6. The molecular weight excluding hydrogens is 236 g/mol. The molecule has 0 spiro atoms. The Bertz CT molecular complexity index is 705. The van der Waals surface area contributed by atoms with E-state index in [0.29, 0.717) is 18.8 Å². The summed E-state index contributed by atoms with van der Waals surface area (Å²) in [6.45, 7) is 6.14. The molecule has 2 rings (SSSR count). The van der Waals surface area contributed by atoms with Gasteiger partial charge in [-0.2, -0.15) is 5.26 Å². The molecule has 0 saturated carbocycles. The molecule has 1 aromatic carbocycles. The zero-order chi connectivity index (χ0) is 14.0. The topological polar surface area (TPSA) is 56.6 Å². The minimum Gasteiger partial charge on any atom is -0.358 e. The van der Waals surface area contributed by atoms with Gasteiger partial charge in [-0.05, 0) is 30.9 Å². The van der Waals surface area contributed by atoms with Gasteiger partial charge >= 0.3 is 0 Å². The average Bonchev–Trinajstić information content (AvgIpc) is 2.37. The van der Waals surface area contributed by atoms with Crippen LogP contribution in [0.5, 0.6) is 0 Å². The Labute approximate surface area is 112 Å². The Morgan fingerprint density at radius 3 is 2.74 bits per heavy atom. The lowest BCUT2D eigenvalue weighted by Crippen LogP contribution is -2.14. The summed E-state index contributed by atoms with van der Waals surface area (Å²) in [5.74, 6) is 0.365. The van der Waals surface area contributed by atoms with Crippen molar-refractivity contribution in [1.82, 2.24) is 4.98 Å². The number of benzene rings is 1. The molecule has 0 aliphatic rings. The molecule has 0 bridgehead atoms. The van der Waals surface area contributed by atoms with Crippen molar-refractivity contribution in [3.05, 3.63) is 45.2 Å². The summed E-state index contributed by atoms with van der Waals surface area (Å²) in [5.41, 5.74) is 3.75. The summed E-state index contributed by atoms with van der Waals surface area (Å²) in [5, 5.41) is 9.40.